The molecular weight excluding hydrogens is 449 g/mol. The van der Waals surface area contributed by atoms with E-state index in [1.165, 1.54) is 4.90 Å². The van der Waals surface area contributed by atoms with Gasteiger partial charge in [-0.15, -0.1) is 0 Å². The highest BCUT2D eigenvalue weighted by molar-refractivity contribution is 5.78. The number of hydrogen-bond acceptors (Lipinski definition) is 4. The molecule has 1 aliphatic heterocycles. The lowest BCUT2D eigenvalue weighted by Crippen LogP contribution is -2.58. The number of urea groups is 1. The minimum atomic E-state index is -4.55. The van der Waals surface area contributed by atoms with E-state index < -0.39 is 55.5 Å². The molecule has 182 valence electrons. The minimum absolute atomic E-state index is 0.0702. The van der Waals surface area contributed by atoms with Crippen LogP contribution in [0.2, 0.25) is 0 Å². The summed E-state index contributed by atoms with van der Waals surface area (Å²) in [6.45, 7) is 0.0758. The van der Waals surface area contributed by atoms with E-state index in [9.17, 15) is 26.7 Å². The number of nitrogens with two attached hydrogens (primary N) is 1. The summed E-state index contributed by atoms with van der Waals surface area (Å²) < 4.78 is 72.0. The fourth-order valence-corrected chi connectivity index (χ4v) is 3.89. The molecule has 4 N–H and O–H groups in total. The average molecular weight is 475 g/mol. The van der Waals surface area contributed by atoms with Gasteiger partial charge in [-0.05, 0) is 50.3 Å². The van der Waals surface area contributed by atoms with Crippen LogP contribution in [0.3, 0.4) is 0 Å². The van der Waals surface area contributed by atoms with E-state index in [0.29, 0.717) is 16.6 Å². The second-order valence-corrected chi connectivity index (χ2v) is 9.25. The van der Waals surface area contributed by atoms with Gasteiger partial charge in [0.15, 0.2) is 5.60 Å². The Hall–Kier alpha value is -2.47. The number of fused-ring (bicyclic) bond motifs is 1. The second-order valence-electron chi connectivity index (χ2n) is 9.25. The van der Waals surface area contributed by atoms with Gasteiger partial charge < -0.3 is 25.7 Å². The van der Waals surface area contributed by atoms with Crippen LogP contribution in [0.4, 0.5) is 26.7 Å². The molecule has 2 fully saturated rings. The van der Waals surface area contributed by atoms with Crippen LogP contribution in [-0.4, -0.2) is 58.3 Å². The molecule has 33 heavy (non-hydrogen) atoms. The van der Waals surface area contributed by atoms with E-state index >= 15 is 0 Å². The van der Waals surface area contributed by atoms with Gasteiger partial charge in [0, 0.05) is 0 Å². The van der Waals surface area contributed by atoms with Crippen LogP contribution < -0.4 is 11.1 Å². The summed E-state index contributed by atoms with van der Waals surface area (Å²) in [4.78, 5) is 20.9. The molecule has 1 saturated heterocycles. The lowest BCUT2D eigenvalue weighted by atomic mass is 9.99. The number of nitrogens with zero attached hydrogens (tertiary/aromatic N) is 2. The van der Waals surface area contributed by atoms with Crippen molar-refractivity contribution in [2.24, 2.45) is 11.7 Å². The van der Waals surface area contributed by atoms with Gasteiger partial charge in [-0.2, -0.15) is 13.2 Å². The summed E-state index contributed by atoms with van der Waals surface area (Å²) in [7, 11) is 0. The van der Waals surface area contributed by atoms with Gasteiger partial charge >= 0.3 is 12.2 Å². The number of H-pyrrole nitrogens is 1. The van der Waals surface area contributed by atoms with Crippen molar-refractivity contribution >= 4 is 17.1 Å². The van der Waals surface area contributed by atoms with Crippen LogP contribution in [0.25, 0.3) is 11.0 Å². The number of imidazole rings is 1. The van der Waals surface area contributed by atoms with E-state index in [4.69, 9.17) is 10.5 Å². The molecule has 2 atom stereocenters. The summed E-state index contributed by atoms with van der Waals surface area (Å²) >= 11 is 0. The molecule has 1 aliphatic carbocycles. The Bertz CT molecular complexity index is 1030. The Morgan fingerprint density at radius 1 is 1.30 bits per heavy atom. The van der Waals surface area contributed by atoms with Crippen LogP contribution in [0.15, 0.2) is 18.2 Å². The third kappa shape index (κ3) is 4.91. The fourth-order valence-electron chi connectivity index (χ4n) is 3.89. The van der Waals surface area contributed by atoms with Crippen molar-refractivity contribution in [2.75, 3.05) is 19.7 Å². The lowest BCUT2D eigenvalue weighted by Gasteiger charge is -2.38. The highest BCUT2D eigenvalue weighted by Gasteiger charge is 2.49. The summed E-state index contributed by atoms with van der Waals surface area (Å²) in [5.41, 5.74) is 5.36. The number of halogens is 5. The molecule has 4 rings (SSSR count). The molecule has 0 bridgehead atoms. The molecule has 2 aliphatic rings. The first-order valence-electron chi connectivity index (χ1n) is 10.7. The normalized spacial score (nSPS) is 21.2. The van der Waals surface area contributed by atoms with Crippen molar-refractivity contribution in [3.63, 3.8) is 0 Å². The average Bonchev–Trinajstić information content (AvgIpc) is 3.45. The predicted molar refractivity (Wildman–Crippen MR) is 110 cm³/mol. The first-order valence-corrected chi connectivity index (χ1v) is 10.7. The minimum Gasteiger partial charge on any atom is -0.364 e. The number of alkyl halides is 5. The fraction of sp³-hybridized carbons (Fsp3) is 0.619. The molecule has 12 heteroatoms. The molecule has 2 aromatic rings. The third-order valence-electron chi connectivity index (χ3n) is 6.09. The largest absolute Gasteiger partial charge is 0.416 e. The van der Waals surface area contributed by atoms with Gasteiger partial charge in [0.05, 0.1) is 42.8 Å². The molecule has 2 amide bonds. The SMILES string of the molecule is CC(C)(OC[C@H](N)c1nc2cc([C@@H](C3CC3)N3CC(F)(F)CNC3=O)ccc2[nH]1)C(F)(F)F. The van der Waals surface area contributed by atoms with Crippen molar-refractivity contribution in [3.8, 4) is 0 Å². The standard InChI is InChI=1S/C21H26F5N5O2/c1-19(2,21(24,25)26)33-8-13(27)17-29-14-6-5-12(7-15(14)30-17)16(11-3-4-11)31-10-20(22,23)9-28-18(31)32/h5-7,11,13,16H,3-4,8-10,27H2,1-2H3,(H,28,32)(H,29,30)/t13-,16+/m0/s1. The Balaban J connectivity index is 1.55. The van der Waals surface area contributed by atoms with E-state index in [1.54, 1.807) is 18.2 Å². The highest BCUT2D eigenvalue weighted by Crippen LogP contribution is 2.46. The zero-order chi connectivity index (χ0) is 24.2. The van der Waals surface area contributed by atoms with Crippen LogP contribution >= 0.6 is 0 Å². The second kappa shape index (κ2) is 8.08. The molecular formula is C21H26F5N5O2. The maximum absolute atomic E-state index is 14.0. The van der Waals surface area contributed by atoms with Gasteiger partial charge in [0.2, 0.25) is 0 Å². The van der Waals surface area contributed by atoms with E-state index in [2.05, 4.69) is 15.3 Å². The smallest absolute Gasteiger partial charge is 0.364 e. The van der Waals surface area contributed by atoms with Crippen LogP contribution in [0.5, 0.6) is 0 Å². The first kappa shape index (κ1) is 23.7. The number of rotatable bonds is 7. The lowest BCUT2D eigenvalue weighted by molar-refractivity contribution is -0.264. The van der Waals surface area contributed by atoms with Gasteiger partial charge in [-0.1, -0.05) is 6.07 Å². The zero-order valence-corrected chi connectivity index (χ0v) is 18.2. The number of ether oxygens (including phenoxy) is 1. The predicted octanol–water partition coefficient (Wildman–Crippen LogP) is 4.03. The van der Waals surface area contributed by atoms with Crippen molar-refractivity contribution in [1.29, 1.82) is 0 Å². The number of amides is 2. The summed E-state index contributed by atoms with van der Waals surface area (Å²) in [6, 6.07) is 3.14. The van der Waals surface area contributed by atoms with Gasteiger partial charge in [0.25, 0.3) is 5.92 Å². The van der Waals surface area contributed by atoms with E-state index in [0.717, 1.165) is 26.7 Å². The molecule has 1 aromatic carbocycles. The van der Waals surface area contributed by atoms with Gasteiger partial charge in [0.1, 0.15) is 5.82 Å². The van der Waals surface area contributed by atoms with Crippen LogP contribution in [-0.2, 0) is 4.74 Å². The molecule has 1 aromatic heterocycles. The van der Waals surface area contributed by atoms with E-state index in [-0.39, 0.29) is 11.7 Å². The number of hydrogen-bond donors (Lipinski definition) is 3. The van der Waals surface area contributed by atoms with Crippen LogP contribution in [0.1, 0.15) is 50.2 Å². The third-order valence-corrected chi connectivity index (χ3v) is 6.09. The quantitative estimate of drug-likeness (QED) is 0.527. The van der Waals surface area contributed by atoms with E-state index in [1.807, 2.05) is 0 Å². The molecule has 0 unspecified atom stereocenters. The number of carbonyl (C=O) groups excluding carboxylic acids is 1. The number of nitrogens with one attached hydrogen (secondary N) is 2. The molecule has 0 spiro atoms. The molecule has 0 radical (unpaired) electrons. The van der Waals surface area contributed by atoms with Crippen molar-refractivity contribution in [1.82, 2.24) is 20.2 Å². The molecule has 7 nitrogen and oxygen atoms in total. The summed E-state index contributed by atoms with van der Waals surface area (Å²) in [6.07, 6.45) is -2.91. The highest BCUT2D eigenvalue weighted by atomic mass is 19.4. The Labute approximate surface area is 186 Å². The molecule has 2 heterocycles. The van der Waals surface area contributed by atoms with Gasteiger partial charge in [-0.3, -0.25) is 0 Å². The first-order chi connectivity index (χ1) is 15.3. The number of benzene rings is 1. The summed E-state index contributed by atoms with van der Waals surface area (Å²) in [5.74, 6) is -2.71. The summed E-state index contributed by atoms with van der Waals surface area (Å²) in [5, 5.41) is 2.25. The maximum atomic E-state index is 14.0. The van der Waals surface area contributed by atoms with Crippen molar-refractivity contribution < 1.29 is 31.5 Å². The van der Waals surface area contributed by atoms with Gasteiger partial charge in [-0.25, -0.2) is 18.6 Å². The number of carbonyl (C=O) groups is 1. The topological polar surface area (TPSA) is 96.3 Å². The molecule has 1 saturated carbocycles. The van der Waals surface area contributed by atoms with Crippen molar-refractivity contribution in [2.45, 2.75) is 56.5 Å². The monoisotopic (exact) mass is 475 g/mol. The number of aromatic amines is 1. The Morgan fingerprint density at radius 2 is 2.00 bits per heavy atom. The Morgan fingerprint density at radius 3 is 2.64 bits per heavy atom. The zero-order valence-electron chi connectivity index (χ0n) is 18.2. The Kier molecular flexibility index (Phi) is 5.80. The van der Waals surface area contributed by atoms with Crippen molar-refractivity contribution in [3.05, 3.63) is 29.6 Å². The number of aromatic nitrogens is 2. The maximum Gasteiger partial charge on any atom is 0.416 e. The van der Waals surface area contributed by atoms with Crippen LogP contribution in [0, 0.1) is 5.92 Å².